The summed E-state index contributed by atoms with van der Waals surface area (Å²) in [5.74, 6) is -0.327. The number of nitrogens with two attached hydrogens (primary N) is 1. The summed E-state index contributed by atoms with van der Waals surface area (Å²) in [6.07, 6.45) is 5.40. The van der Waals surface area contributed by atoms with Crippen LogP contribution >= 0.6 is 11.8 Å². The van der Waals surface area contributed by atoms with Crippen molar-refractivity contribution in [3.63, 3.8) is 0 Å². The number of thioether (sulfide) groups is 1. The van der Waals surface area contributed by atoms with E-state index in [0.717, 1.165) is 19.3 Å². The molecule has 19 heavy (non-hydrogen) atoms. The van der Waals surface area contributed by atoms with Gasteiger partial charge in [-0.15, -0.1) is 0 Å². The number of carbonyl (C=O) groups is 2. The Morgan fingerprint density at radius 3 is 2.63 bits per heavy atom. The Labute approximate surface area is 119 Å². The van der Waals surface area contributed by atoms with Crippen molar-refractivity contribution in [2.24, 2.45) is 11.7 Å². The fraction of sp³-hybridized carbons (Fsp3) is 0.846. The highest BCUT2D eigenvalue weighted by molar-refractivity contribution is 7.99. The lowest BCUT2D eigenvalue weighted by Gasteiger charge is -2.20. The zero-order valence-corrected chi connectivity index (χ0v) is 12.8. The van der Waals surface area contributed by atoms with Gasteiger partial charge in [-0.1, -0.05) is 20.3 Å². The van der Waals surface area contributed by atoms with E-state index in [4.69, 9.17) is 5.73 Å². The molecule has 3 atom stereocenters. The number of carbonyl (C=O) groups excluding carboxylic acids is 2. The smallest absolute Gasteiger partial charge is 0.239 e. The summed E-state index contributed by atoms with van der Waals surface area (Å²) in [4.78, 5) is 23.4. The predicted octanol–water partition coefficient (Wildman–Crippen LogP) is 0.486. The molecule has 4 N–H and O–H groups in total. The van der Waals surface area contributed by atoms with Crippen molar-refractivity contribution in [3.05, 3.63) is 0 Å². The molecule has 0 heterocycles. The van der Waals surface area contributed by atoms with Crippen molar-refractivity contribution in [1.82, 2.24) is 10.6 Å². The summed E-state index contributed by atoms with van der Waals surface area (Å²) in [5.41, 5.74) is 5.71. The van der Waals surface area contributed by atoms with Crippen LogP contribution in [0.3, 0.4) is 0 Å². The van der Waals surface area contributed by atoms with Crippen molar-refractivity contribution in [1.29, 1.82) is 0 Å². The maximum Gasteiger partial charge on any atom is 0.239 e. The summed E-state index contributed by atoms with van der Waals surface area (Å²) >= 11 is 1.79. The van der Waals surface area contributed by atoms with E-state index in [0.29, 0.717) is 5.25 Å². The van der Waals surface area contributed by atoms with Gasteiger partial charge in [-0.3, -0.25) is 9.59 Å². The molecule has 1 rings (SSSR count). The number of nitrogens with one attached hydrogen (secondary N) is 2. The summed E-state index contributed by atoms with van der Waals surface area (Å²) in [5, 5.41) is 6.07. The number of rotatable bonds is 6. The normalized spacial score (nSPS) is 24.3. The molecule has 0 aromatic heterocycles. The second-order valence-corrected chi connectivity index (χ2v) is 6.44. The Hall–Kier alpha value is -0.750. The van der Waals surface area contributed by atoms with E-state index in [1.54, 1.807) is 11.8 Å². The van der Waals surface area contributed by atoms with Crippen LogP contribution in [-0.4, -0.2) is 41.9 Å². The monoisotopic (exact) mass is 287 g/mol. The van der Waals surface area contributed by atoms with Crippen LogP contribution in [0.5, 0.6) is 0 Å². The van der Waals surface area contributed by atoms with E-state index < -0.39 is 6.04 Å². The molecule has 1 aliphatic carbocycles. The van der Waals surface area contributed by atoms with Gasteiger partial charge in [0.1, 0.15) is 0 Å². The molecule has 0 bridgehead atoms. The average Bonchev–Trinajstić information content (AvgIpc) is 2.81. The van der Waals surface area contributed by atoms with Crippen molar-refractivity contribution >= 4 is 23.6 Å². The van der Waals surface area contributed by atoms with Crippen molar-refractivity contribution in [2.45, 2.75) is 50.4 Å². The summed E-state index contributed by atoms with van der Waals surface area (Å²) < 4.78 is 0. The van der Waals surface area contributed by atoms with Gasteiger partial charge in [0.05, 0.1) is 12.6 Å². The van der Waals surface area contributed by atoms with Gasteiger partial charge in [0.2, 0.25) is 11.8 Å². The molecular formula is C13H25N3O2S. The van der Waals surface area contributed by atoms with Crippen LogP contribution in [-0.2, 0) is 9.59 Å². The zero-order valence-electron chi connectivity index (χ0n) is 11.9. The third-order valence-electron chi connectivity index (χ3n) is 3.55. The largest absolute Gasteiger partial charge is 0.351 e. The second kappa shape index (κ2) is 7.75. The Morgan fingerprint density at radius 1 is 1.37 bits per heavy atom. The molecule has 6 heteroatoms. The minimum Gasteiger partial charge on any atom is -0.351 e. The Bertz CT molecular complexity index is 323. The molecule has 0 radical (unpaired) electrons. The van der Waals surface area contributed by atoms with Crippen LogP contribution < -0.4 is 16.4 Å². The van der Waals surface area contributed by atoms with Crippen LogP contribution in [0.1, 0.15) is 33.1 Å². The molecule has 5 nitrogen and oxygen atoms in total. The standard InChI is InChI=1S/C13H25N3O2S/c1-8(2)12(14)13(18)15-7-11(17)16-9-5-4-6-10(9)19-3/h8-10,12H,4-7,14H2,1-3H3,(H,15,18)(H,16,17)/t9?,10?,12-/m0/s1. The maximum absolute atomic E-state index is 11.8. The summed E-state index contributed by atoms with van der Waals surface area (Å²) in [6.45, 7) is 3.77. The first kappa shape index (κ1) is 16.3. The van der Waals surface area contributed by atoms with Gasteiger partial charge in [0.15, 0.2) is 0 Å². The van der Waals surface area contributed by atoms with Crippen molar-refractivity contribution in [2.75, 3.05) is 12.8 Å². The first-order valence-electron chi connectivity index (χ1n) is 6.81. The molecule has 0 aromatic rings. The Kier molecular flexibility index (Phi) is 6.65. The van der Waals surface area contributed by atoms with Crippen LogP contribution in [0.2, 0.25) is 0 Å². The molecule has 1 aliphatic rings. The molecule has 0 aliphatic heterocycles. The lowest BCUT2D eigenvalue weighted by atomic mass is 10.1. The summed E-state index contributed by atoms with van der Waals surface area (Å²) in [7, 11) is 0. The minimum atomic E-state index is -0.557. The van der Waals surface area contributed by atoms with Gasteiger partial charge in [-0.2, -0.15) is 11.8 Å². The molecule has 1 fully saturated rings. The zero-order chi connectivity index (χ0) is 14.4. The average molecular weight is 287 g/mol. The van der Waals surface area contributed by atoms with Gasteiger partial charge in [-0.25, -0.2) is 0 Å². The van der Waals surface area contributed by atoms with Crippen molar-refractivity contribution in [3.8, 4) is 0 Å². The number of hydrogen-bond donors (Lipinski definition) is 3. The molecular weight excluding hydrogens is 262 g/mol. The van der Waals surface area contributed by atoms with Gasteiger partial charge in [-0.05, 0) is 25.0 Å². The van der Waals surface area contributed by atoms with Crippen LogP contribution in [0.25, 0.3) is 0 Å². The molecule has 0 spiro atoms. The highest BCUT2D eigenvalue weighted by Gasteiger charge is 2.27. The molecule has 1 saturated carbocycles. The van der Waals surface area contributed by atoms with Crippen LogP contribution in [0, 0.1) is 5.92 Å². The van der Waals surface area contributed by atoms with E-state index in [-0.39, 0.29) is 30.3 Å². The van der Waals surface area contributed by atoms with E-state index >= 15 is 0 Å². The van der Waals surface area contributed by atoms with E-state index in [1.165, 1.54) is 0 Å². The van der Waals surface area contributed by atoms with Gasteiger partial charge < -0.3 is 16.4 Å². The highest BCUT2D eigenvalue weighted by atomic mass is 32.2. The fourth-order valence-corrected chi connectivity index (χ4v) is 3.15. The molecule has 2 unspecified atom stereocenters. The van der Waals surface area contributed by atoms with E-state index in [1.807, 2.05) is 13.8 Å². The molecule has 0 saturated heterocycles. The quantitative estimate of drug-likeness (QED) is 0.664. The molecule has 110 valence electrons. The first-order valence-corrected chi connectivity index (χ1v) is 8.10. The Morgan fingerprint density at radius 2 is 2.05 bits per heavy atom. The molecule has 2 amide bonds. The first-order chi connectivity index (χ1) is 8.95. The van der Waals surface area contributed by atoms with Crippen LogP contribution in [0.15, 0.2) is 0 Å². The SMILES string of the molecule is CSC1CCCC1NC(=O)CNC(=O)[C@@H](N)C(C)C. The lowest BCUT2D eigenvalue weighted by molar-refractivity contribution is -0.127. The molecule has 0 aromatic carbocycles. The Balaban J connectivity index is 2.30. The fourth-order valence-electron chi connectivity index (χ4n) is 2.22. The van der Waals surface area contributed by atoms with Crippen LogP contribution in [0.4, 0.5) is 0 Å². The maximum atomic E-state index is 11.8. The third kappa shape index (κ3) is 5.03. The third-order valence-corrected chi connectivity index (χ3v) is 4.72. The summed E-state index contributed by atoms with van der Waals surface area (Å²) in [6, 6.07) is -0.323. The topological polar surface area (TPSA) is 84.2 Å². The van der Waals surface area contributed by atoms with Gasteiger partial charge in [0.25, 0.3) is 0 Å². The van der Waals surface area contributed by atoms with E-state index in [2.05, 4.69) is 16.9 Å². The van der Waals surface area contributed by atoms with Gasteiger partial charge >= 0.3 is 0 Å². The number of amides is 2. The van der Waals surface area contributed by atoms with Gasteiger partial charge in [0, 0.05) is 11.3 Å². The lowest BCUT2D eigenvalue weighted by Crippen LogP contribution is -2.49. The predicted molar refractivity (Wildman–Crippen MR) is 78.9 cm³/mol. The second-order valence-electron chi connectivity index (χ2n) is 5.37. The number of hydrogen-bond acceptors (Lipinski definition) is 4. The van der Waals surface area contributed by atoms with E-state index in [9.17, 15) is 9.59 Å². The van der Waals surface area contributed by atoms with Crippen molar-refractivity contribution < 1.29 is 9.59 Å². The highest BCUT2D eigenvalue weighted by Crippen LogP contribution is 2.28. The minimum absolute atomic E-state index is 0.0108.